The number of aliphatic imine (C=N–C) groups is 1. The van der Waals surface area contributed by atoms with Crippen molar-refractivity contribution in [3.05, 3.63) is 120 Å². The summed E-state index contributed by atoms with van der Waals surface area (Å²) in [6.07, 6.45) is 4.51. The molecule has 3 amide bonds. The van der Waals surface area contributed by atoms with Crippen LogP contribution in [0.2, 0.25) is 0 Å². The molecule has 0 fully saturated rings. The van der Waals surface area contributed by atoms with Gasteiger partial charge < -0.3 is 25.3 Å². The van der Waals surface area contributed by atoms with Crippen molar-refractivity contribution >= 4 is 53.5 Å². The van der Waals surface area contributed by atoms with Crippen molar-refractivity contribution in [1.82, 2.24) is 15.3 Å². The van der Waals surface area contributed by atoms with Crippen LogP contribution in [-0.4, -0.2) is 46.9 Å². The molecule has 0 radical (unpaired) electrons. The first-order valence-electron chi connectivity index (χ1n) is 12.6. The van der Waals surface area contributed by atoms with E-state index in [4.69, 9.17) is 0 Å². The lowest BCUT2D eigenvalue weighted by atomic mass is 9.99. The maximum Gasteiger partial charge on any atom is 0.330 e. The second kappa shape index (κ2) is 13.4. The Hall–Kier alpha value is -5.29. The molecule has 0 spiro atoms. The number of para-hydroxylation sites is 1. The molecule has 4 aromatic rings. The quantitative estimate of drug-likeness (QED) is 0.213. The standard InChI is InChI=1S/C30H25FN6O4.ClH/c1-41-26(38)14-13-19-7-6-8-20(15-19)34-30(40)36-28-29(39)37(17-21-16-32-18-33-21)25-12-5-3-10-23(25)27(35-28)22-9-2-4-11-24(22)31;/h2-16,18,28H,17H2,1H3,(H,32,33)(H2,34,36,40);1H/b14-13+;/t28-;/m0./s1. The van der Waals surface area contributed by atoms with Crippen LogP contribution in [0.25, 0.3) is 6.08 Å². The van der Waals surface area contributed by atoms with Gasteiger partial charge in [0, 0.05) is 29.1 Å². The summed E-state index contributed by atoms with van der Waals surface area (Å²) in [5.41, 5.74) is 3.14. The highest BCUT2D eigenvalue weighted by molar-refractivity contribution is 6.20. The van der Waals surface area contributed by atoms with Crippen LogP contribution in [0, 0.1) is 5.82 Å². The smallest absolute Gasteiger partial charge is 0.330 e. The van der Waals surface area contributed by atoms with E-state index >= 15 is 4.39 Å². The van der Waals surface area contributed by atoms with Gasteiger partial charge in [0.05, 0.1) is 37.1 Å². The van der Waals surface area contributed by atoms with Crippen molar-refractivity contribution < 1.29 is 23.5 Å². The molecule has 1 aliphatic rings. The van der Waals surface area contributed by atoms with Crippen LogP contribution in [0.4, 0.5) is 20.6 Å². The van der Waals surface area contributed by atoms with E-state index in [1.807, 2.05) is 0 Å². The number of anilines is 2. The number of H-pyrrole nitrogens is 1. The van der Waals surface area contributed by atoms with Gasteiger partial charge in [-0.15, -0.1) is 12.4 Å². The minimum atomic E-state index is -1.39. The van der Waals surface area contributed by atoms with Gasteiger partial charge >= 0.3 is 12.0 Å². The summed E-state index contributed by atoms with van der Waals surface area (Å²) < 4.78 is 19.6. The molecule has 1 atom stereocenters. The molecule has 214 valence electrons. The highest BCUT2D eigenvalue weighted by atomic mass is 35.5. The third-order valence-electron chi connectivity index (χ3n) is 6.25. The first-order chi connectivity index (χ1) is 19.9. The molecule has 0 saturated heterocycles. The third kappa shape index (κ3) is 6.70. The molecule has 1 aromatic heterocycles. The Balaban J connectivity index is 0.00000405. The highest BCUT2D eigenvalue weighted by Crippen LogP contribution is 2.30. The van der Waals surface area contributed by atoms with Crippen molar-refractivity contribution in [2.45, 2.75) is 12.7 Å². The fourth-order valence-electron chi connectivity index (χ4n) is 4.34. The molecule has 5 rings (SSSR count). The molecule has 0 saturated carbocycles. The number of ether oxygens (including phenoxy) is 1. The maximum absolute atomic E-state index is 15.0. The lowest BCUT2D eigenvalue weighted by molar-refractivity contribution is -0.134. The van der Waals surface area contributed by atoms with Gasteiger partial charge in [-0.3, -0.25) is 4.79 Å². The number of methoxy groups -OCH3 is 1. The average Bonchev–Trinajstić information content (AvgIpc) is 3.47. The maximum atomic E-state index is 15.0. The van der Waals surface area contributed by atoms with E-state index in [0.29, 0.717) is 28.2 Å². The predicted molar refractivity (Wildman–Crippen MR) is 159 cm³/mol. The third-order valence-corrected chi connectivity index (χ3v) is 6.25. The summed E-state index contributed by atoms with van der Waals surface area (Å²) in [5, 5.41) is 5.32. The second-order valence-electron chi connectivity index (χ2n) is 8.96. The molecule has 1 aliphatic heterocycles. The number of esters is 1. The Morgan fingerprint density at radius 2 is 1.83 bits per heavy atom. The number of hydrogen-bond acceptors (Lipinski definition) is 6. The number of aromatic amines is 1. The first kappa shape index (κ1) is 29.7. The second-order valence-corrected chi connectivity index (χ2v) is 8.96. The summed E-state index contributed by atoms with van der Waals surface area (Å²) in [7, 11) is 1.28. The number of aromatic nitrogens is 2. The Morgan fingerprint density at radius 3 is 2.57 bits per heavy atom. The van der Waals surface area contributed by atoms with Crippen LogP contribution in [0.3, 0.4) is 0 Å². The zero-order chi connectivity index (χ0) is 28.8. The number of fused-ring (bicyclic) bond motifs is 1. The molecule has 2 heterocycles. The number of amides is 3. The number of halogens is 2. The number of rotatable bonds is 7. The van der Waals surface area contributed by atoms with E-state index < -0.39 is 29.9 Å². The number of carbonyl (C=O) groups excluding carboxylic acids is 3. The monoisotopic (exact) mass is 588 g/mol. The van der Waals surface area contributed by atoms with Crippen LogP contribution >= 0.6 is 12.4 Å². The number of hydrogen-bond donors (Lipinski definition) is 3. The van der Waals surface area contributed by atoms with Gasteiger partial charge in [-0.25, -0.2) is 24.0 Å². The largest absolute Gasteiger partial charge is 0.466 e. The number of urea groups is 1. The van der Waals surface area contributed by atoms with Crippen molar-refractivity contribution in [1.29, 1.82) is 0 Å². The molecule has 0 unspecified atom stereocenters. The van der Waals surface area contributed by atoms with Gasteiger partial charge in [0.15, 0.2) is 0 Å². The molecule has 3 N–H and O–H groups in total. The predicted octanol–water partition coefficient (Wildman–Crippen LogP) is 4.69. The van der Waals surface area contributed by atoms with Crippen molar-refractivity contribution in [2.75, 3.05) is 17.3 Å². The van der Waals surface area contributed by atoms with Gasteiger partial charge in [0.2, 0.25) is 6.17 Å². The van der Waals surface area contributed by atoms with Crippen LogP contribution in [0.5, 0.6) is 0 Å². The van der Waals surface area contributed by atoms with Crippen LogP contribution in [-0.2, 0) is 20.9 Å². The van der Waals surface area contributed by atoms with Crippen molar-refractivity contribution in [3.63, 3.8) is 0 Å². The molecule has 3 aromatic carbocycles. The van der Waals surface area contributed by atoms with E-state index in [2.05, 4.69) is 30.3 Å². The summed E-state index contributed by atoms with van der Waals surface area (Å²) in [4.78, 5) is 51.5. The minimum Gasteiger partial charge on any atom is -0.466 e. The zero-order valence-corrected chi connectivity index (χ0v) is 23.1. The fraction of sp³-hybridized carbons (Fsp3) is 0.100. The lowest BCUT2D eigenvalue weighted by Gasteiger charge is -2.25. The van der Waals surface area contributed by atoms with Gasteiger partial charge in [0.25, 0.3) is 5.91 Å². The van der Waals surface area contributed by atoms with Crippen LogP contribution in [0.15, 0.2) is 96.4 Å². The van der Waals surface area contributed by atoms with Gasteiger partial charge in [0.1, 0.15) is 5.82 Å². The number of imidazole rings is 1. The first-order valence-corrected chi connectivity index (χ1v) is 12.6. The summed E-state index contributed by atoms with van der Waals surface area (Å²) in [6.45, 7) is 0.115. The Kier molecular flexibility index (Phi) is 9.46. The molecule has 0 aliphatic carbocycles. The van der Waals surface area contributed by atoms with Gasteiger partial charge in [-0.05, 0) is 42.0 Å². The molecule has 12 heteroatoms. The Bertz CT molecular complexity index is 1660. The van der Waals surface area contributed by atoms with E-state index in [1.165, 1.54) is 30.5 Å². The van der Waals surface area contributed by atoms with E-state index in [1.54, 1.807) is 79.0 Å². The normalized spacial score (nSPS) is 14.3. The Labute approximate surface area is 246 Å². The molecular weight excluding hydrogens is 563 g/mol. The number of nitrogens with zero attached hydrogens (tertiary/aromatic N) is 3. The average molecular weight is 589 g/mol. The summed E-state index contributed by atoms with van der Waals surface area (Å²) >= 11 is 0. The van der Waals surface area contributed by atoms with Crippen molar-refractivity contribution in [2.24, 2.45) is 4.99 Å². The van der Waals surface area contributed by atoms with Gasteiger partial charge in [-0.1, -0.05) is 42.5 Å². The molecule has 42 heavy (non-hydrogen) atoms. The molecule has 0 bridgehead atoms. The highest BCUT2D eigenvalue weighted by Gasteiger charge is 2.34. The van der Waals surface area contributed by atoms with Crippen LogP contribution in [0.1, 0.15) is 22.4 Å². The van der Waals surface area contributed by atoms with E-state index in [0.717, 1.165) is 0 Å². The number of benzene rings is 3. The number of nitrogens with one attached hydrogen (secondary N) is 3. The molecule has 10 nitrogen and oxygen atoms in total. The lowest BCUT2D eigenvalue weighted by Crippen LogP contribution is -2.48. The van der Waals surface area contributed by atoms with Crippen LogP contribution < -0.4 is 15.5 Å². The number of carbonyl (C=O) groups is 3. The Morgan fingerprint density at radius 1 is 1.07 bits per heavy atom. The molecular formula is C30H26ClFN6O4. The van der Waals surface area contributed by atoms with E-state index in [-0.39, 0.29) is 30.2 Å². The van der Waals surface area contributed by atoms with E-state index in [9.17, 15) is 14.4 Å². The summed E-state index contributed by atoms with van der Waals surface area (Å²) in [6, 6.07) is 19.2. The SMILES string of the molecule is COC(=O)/C=C/c1cccc(NC(=O)N[C@@H]2N=C(c3ccccc3F)c3ccccc3N(Cc3cnc[nH]3)C2=O)c1.Cl. The zero-order valence-electron chi connectivity index (χ0n) is 22.3. The van der Waals surface area contributed by atoms with Crippen molar-refractivity contribution in [3.8, 4) is 0 Å². The minimum absolute atomic E-state index is 0. The number of benzodiazepines with no additional fused rings is 1. The topological polar surface area (TPSA) is 129 Å². The summed E-state index contributed by atoms with van der Waals surface area (Å²) in [5.74, 6) is -1.56. The fourth-order valence-corrected chi connectivity index (χ4v) is 4.34. The van der Waals surface area contributed by atoms with Gasteiger partial charge in [-0.2, -0.15) is 0 Å².